The van der Waals surface area contributed by atoms with E-state index < -0.39 is 0 Å². The van der Waals surface area contributed by atoms with Gasteiger partial charge in [-0.3, -0.25) is 0 Å². The van der Waals surface area contributed by atoms with Crippen LogP contribution in [0.5, 0.6) is 0 Å². The molecule has 0 bridgehead atoms. The molecule has 2 aromatic rings. The zero-order chi connectivity index (χ0) is 13.7. The largest absolute Gasteiger partial charge is 0.309 e. The Hall–Kier alpha value is -0.860. The van der Waals surface area contributed by atoms with E-state index in [0.29, 0.717) is 11.5 Å². The number of benzene rings is 1. The Morgan fingerprint density at radius 2 is 2.05 bits per heavy atom. The smallest absolute Gasteiger partial charge is 0.0389 e. The van der Waals surface area contributed by atoms with Crippen LogP contribution in [0.15, 0.2) is 24.3 Å². The summed E-state index contributed by atoms with van der Waals surface area (Å²) in [5.41, 5.74) is 2.17. The Balaban J connectivity index is 1.51. The zero-order valence-corrected chi connectivity index (χ0v) is 13.2. The van der Waals surface area contributed by atoms with E-state index in [-0.39, 0.29) is 0 Å². The first kappa shape index (κ1) is 12.8. The predicted octanol–water partition coefficient (Wildman–Crippen LogP) is 5.05. The molecule has 1 aromatic heterocycles. The van der Waals surface area contributed by atoms with Crippen molar-refractivity contribution in [2.45, 2.75) is 45.6 Å². The van der Waals surface area contributed by atoms with Gasteiger partial charge in [0.1, 0.15) is 0 Å². The molecule has 2 aliphatic carbocycles. The molecule has 0 saturated heterocycles. The monoisotopic (exact) mass is 285 g/mol. The molecule has 4 rings (SSSR count). The Morgan fingerprint density at radius 1 is 1.30 bits per heavy atom. The maximum absolute atomic E-state index is 3.84. The molecular weight excluding hydrogens is 262 g/mol. The second kappa shape index (κ2) is 4.57. The van der Waals surface area contributed by atoms with Crippen LogP contribution in [0.2, 0.25) is 0 Å². The molecule has 2 heteroatoms. The average Bonchev–Trinajstić information content (AvgIpc) is 3.35. The van der Waals surface area contributed by atoms with Gasteiger partial charge in [-0.25, -0.2) is 0 Å². The summed E-state index contributed by atoms with van der Waals surface area (Å²) >= 11 is 1.96. The highest BCUT2D eigenvalue weighted by molar-refractivity contribution is 7.19. The number of thiophene rings is 1. The van der Waals surface area contributed by atoms with Gasteiger partial charge in [0.2, 0.25) is 0 Å². The number of aryl methyl sites for hydroxylation is 1. The van der Waals surface area contributed by atoms with Crippen molar-refractivity contribution in [3.63, 3.8) is 0 Å². The molecule has 1 unspecified atom stereocenters. The Bertz CT molecular complexity index is 634. The topological polar surface area (TPSA) is 12.0 Å². The van der Waals surface area contributed by atoms with Crippen LogP contribution in [0, 0.1) is 18.3 Å². The van der Waals surface area contributed by atoms with Crippen molar-refractivity contribution in [2.75, 3.05) is 6.54 Å². The molecule has 1 nitrogen and oxygen atoms in total. The van der Waals surface area contributed by atoms with Gasteiger partial charge in [-0.2, -0.15) is 0 Å². The van der Waals surface area contributed by atoms with Gasteiger partial charge in [0, 0.05) is 22.2 Å². The summed E-state index contributed by atoms with van der Waals surface area (Å²) in [5.74, 6) is 1.05. The van der Waals surface area contributed by atoms with E-state index in [4.69, 9.17) is 0 Å². The third kappa shape index (κ3) is 2.10. The maximum Gasteiger partial charge on any atom is 0.0389 e. The lowest BCUT2D eigenvalue weighted by Crippen LogP contribution is -2.27. The summed E-state index contributed by atoms with van der Waals surface area (Å²) < 4.78 is 1.43. The lowest BCUT2D eigenvalue weighted by molar-refractivity contribution is 0.383. The van der Waals surface area contributed by atoms with Crippen molar-refractivity contribution in [3.05, 3.63) is 34.7 Å². The fraction of sp³-hybridized carbons (Fsp3) is 0.556. The van der Waals surface area contributed by atoms with Gasteiger partial charge in [0.25, 0.3) is 0 Å². The van der Waals surface area contributed by atoms with Crippen LogP contribution < -0.4 is 5.32 Å². The zero-order valence-electron chi connectivity index (χ0n) is 12.4. The van der Waals surface area contributed by atoms with Crippen molar-refractivity contribution in [1.29, 1.82) is 0 Å². The standard InChI is InChI=1S/C18H23NS/c1-12-15-5-3-4-6-16(15)20-17(12)13(2)19-11-18(9-10-18)14-7-8-14/h3-6,13-14,19H,7-11H2,1-2H3. The van der Waals surface area contributed by atoms with Crippen LogP contribution >= 0.6 is 11.3 Å². The van der Waals surface area contributed by atoms with E-state index >= 15 is 0 Å². The van der Waals surface area contributed by atoms with E-state index in [0.717, 1.165) is 5.92 Å². The fourth-order valence-electron chi connectivity index (χ4n) is 3.64. The van der Waals surface area contributed by atoms with Gasteiger partial charge in [-0.05, 0) is 67.9 Å². The molecule has 2 saturated carbocycles. The quantitative estimate of drug-likeness (QED) is 0.810. The lowest BCUT2D eigenvalue weighted by Gasteiger charge is -2.19. The maximum atomic E-state index is 3.84. The van der Waals surface area contributed by atoms with Crippen molar-refractivity contribution < 1.29 is 0 Å². The fourth-order valence-corrected chi connectivity index (χ4v) is 4.88. The summed E-state index contributed by atoms with van der Waals surface area (Å²) in [6.45, 7) is 5.84. The molecule has 106 valence electrons. The van der Waals surface area contributed by atoms with E-state index in [1.807, 2.05) is 11.3 Å². The van der Waals surface area contributed by atoms with Gasteiger partial charge in [-0.1, -0.05) is 18.2 Å². The van der Waals surface area contributed by atoms with Gasteiger partial charge < -0.3 is 5.32 Å². The van der Waals surface area contributed by atoms with Gasteiger partial charge in [-0.15, -0.1) is 11.3 Å². The lowest BCUT2D eigenvalue weighted by atomic mass is 10.00. The second-order valence-corrected chi connectivity index (χ2v) is 7.91. The summed E-state index contributed by atoms with van der Waals surface area (Å²) in [6, 6.07) is 9.28. The third-order valence-corrected chi connectivity index (χ3v) is 6.83. The third-order valence-electron chi connectivity index (χ3n) is 5.37. The molecule has 0 aliphatic heterocycles. The molecule has 0 amide bonds. The minimum absolute atomic E-state index is 0.489. The van der Waals surface area contributed by atoms with Crippen LogP contribution in [0.4, 0.5) is 0 Å². The molecule has 0 spiro atoms. The van der Waals surface area contributed by atoms with Crippen molar-refractivity contribution in [3.8, 4) is 0 Å². The van der Waals surface area contributed by atoms with E-state index in [9.17, 15) is 0 Å². The van der Waals surface area contributed by atoms with Crippen LogP contribution in [0.3, 0.4) is 0 Å². The molecule has 2 fully saturated rings. The number of rotatable bonds is 5. The van der Waals surface area contributed by atoms with Crippen molar-refractivity contribution in [1.82, 2.24) is 5.32 Å². The van der Waals surface area contributed by atoms with Crippen molar-refractivity contribution >= 4 is 21.4 Å². The molecule has 20 heavy (non-hydrogen) atoms. The molecule has 1 heterocycles. The minimum Gasteiger partial charge on any atom is -0.309 e. The van der Waals surface area contributed by atoms with Crippen LogP contribution in [-0.2, 0) is 0 Å². The van der Waals surface area contributed by atoms with E-state index in [1.165, 1.54) is 52.8 Å². The Labute approximate surface area is 125 Å². The number of hydrogen-bond donors (Lipinski definition) is 1. The average molecular weight is 285 g/mol. The summed E-state index contributed by atoms with van der Waals surface area (Å²) in [7, 11) is 0. The highest BCUT2D eigenvalue weighted by Crippen LogP contribution is 2.61. The van der Waals surface area contributed by atoms with Gasteiger partial charge in [0.05, 0.1) is 0 Å². The van der Waals surface area contributed by atoms with E-state index in [1.54, 1.807) is 0 Å². The summed E-state index contributed by atoms with van der Waals surface area (Å²) in [4.78, 5) is 1.53. The molecule has 1 N–H and O–H groups in total. The van der Waals surface area contributed by atoms with Gasteiger partial charge >= 0.3 is 0 Å². The summed E-state index contributed by atoms with van der Waals surface area (Å²) in [6.07, 6.45) is 5.89. The molecule has 0 radical (unpaired) electrons. The molecular formula is C18H23NS. The summed E-state index contributed by atoms with van der Waals surface area (Å²) in [5, 5.41) is 5.27. The normalized spacial score (nSPS) is 22.1. The highest BCUT2D eigenvalue weighted by atomic mass is 32.1. The van der Waals surface area contributed by atoms with Gasteiger partial charge in [0.15, 0.2) is 0 Å². The van der Waals surface area contributed by atoms with E-state index in [2.05, 4.69) is 43.4 Å². The first-order valence-corrected chi connectivity index (χ1v) is 8.73. The first-order chi connectivity index (χ1) is 9.70. The highest BCUT2D eigenvalue weighted by Gasteiger charge is 2.53. The molecule has 2 aliphatic rings. The SMILES string of the molecule is Cc1c(C(C)NCC2(C3CC3)CC2)sc2ccccc12. The first-order valence-electron chi connectivity index (χ1n) is 7.91. The van der Waals surface area contributed by atoms with Crippen LogP contribution in [0.25, 0.3) is 10.1 Å². The Morgan fingerprint density at radius 3 is 2.70 bits per heavy atom. The molecule has 1 aromatic carbocycles. The number of hydrogen-bond acceptors (Lipinski definition) is 2. The number of nitrogens with one attached hydrogen (secondary N) is 1. The minimum atomic E-state index is 0.489. The van der Waals surface area contributed by atoms with Crippen LogP contribution in [0.1, 0.15) is 49.1 Å². The van der Waals surface area contributed by atoms with Crippen LogP contribution in [-0.4, -0.2) is 6.54 Å². The second-order valence-electron chi connectivity index (χ2n) is 6.83. The Kier molecular flexibility index (Phi) is 2.94. The van der Waals surface area contributed by atoms with Crippen molar-refractivity contribution in [2.24, 2.45) is 11.3 Å². The predicted molar refractivity (Wildman–Crippen MR) is 87.4 cm³/mol. The number of fused-ring (bicyclic) bond motifs is 1. The molecule has 1 atom stereocenters.